The first-order chi connectivity index (χ1) is 14.4. The van der Waals surface area contributed by atoms with E-state index in [2.05, 4.69) is 45.0 Å². The third-order valence-corrected chi connectivity index (χ3v) is 8.25. The number of fused-ring (bicyclic) bond motifs is 5. The number of allylic oxidation sites excluding steroid dienone is 1. The maximum absolute atomic E-state index is 9.86. The van der Waals surface area contributed by atoms with Crippen molar-refractivity contribution in [3.05, 3.63) is 41.0 Å². The van der Waals surface area contributed by atoms with Crippen LogP contribution >= 0.6 is 0 Å². The van der Waals surface area contributed by atoms with Crippen LogP contribution in [0.2, 0.25) is 0 Å². The fourth-order valence-electron chi connectivity index (χ4n) is 6.30. The number of phenols is 1. The van der Waals surface area contributed by atoms with Gasteiger partial charge in [0.2, 0.25) is 0 Å². The molecule has 0 radical (unpaired) electrons. The van der Waals surface area contributed by atoms with Crippen LogP contribution in [0.25, 0.3) is 0 Å². The summed E-state index contributed by atoms with van der Waals surface area (Å²) in [7, 11) is 4.22. The highest BCUT2D eigenvalue weighted by molar-refractivity contribution is 5.40. The van der Waals surface area contributed by atoms with E-state index in [0.717, 1.165) is 31.5 Å². The van der Waals surface area contributed by atoms with E-state index in [9.17, 15) is 5.11 Å². The lowest BCUT2D eigenvalue weighted by Crippen LogP contribution is -2.40. The molecular weight excluding hydrogens is 370 g/mol. The molecule has 0 bridgehead atoms. The lowest BCUT2D eigenvalue weighted by atomic mass is 9.55. The number of hydrogen-bond acceptors (Lipinski definition) is 3. The van der Waals surface area contributed by atoms with E-state index in [1.165, 1.54) is 43.2 Å². The quantitative estimate of drug-likeness (QED) is 0.463. The summed E-state index contributed by atoms with van der Waals surface area (Å²) in [4.78, 5) is 2.21. The van der Waals surface area contributed by atoms with Gasteiger partial charge in [0.1, 0.15) is 5.75 Å². The molecule has 0 aliphatic heterocycles. The second-order valence-electron chi connectivity index (χ2n) is 9.87. The van der Waals surface area contributed by atoms with Gasteiger partial charge in [-0.2, -0.15) is 0 Å². The van der Waals surface area contributed by atoms with Gasteiger partial charge in [0.05, 0.1) is 13.2 Å². The van der Waals surface area contributed by atoms with Gasteiger partial charge in [-0.1, -0.05) is 38.5 Å². The molecule has 0 amide bonds. The summed E-state index contributed by atoms with van der Waals surface area (Å²) in [6.45, 7) is 10.3. The fourth-order valence-corrected chi connectivity index (χ4v) is 6.30. The molecule has 5 atom stereocenters. The summed E-state index contributed by atoms with van der Waals surface area (Å²) in [6.07, 6.45) is 9.99. The lowest BCUT2D eigenvalue weighted by molar-refractivity contribution is 0.0789. The average molecular weight is 414 g/mol. The first-order valence-corrected chi connectivity index (χ1v) is 12.2. The van der Waals surface area contributed by atoms with Crippen molar-refractivity contribution in [2.24, 2.45) is 17.3 Å². The maximum Gasteiger partial charge on any atom is 0.115 e. The molecule has 30 heavy (non-hydrogen) atoms. The number of nitrogens with zero attached hydrogens (tertiary/aromatic N) is 1. The van der Waals surface area contributed by atoms with Gasteiger partial charge in [-0.3, -0.25) is 0 Å². The number of phenolic OH excluding ortho intramolecular Hbond substituents is 1. The Hall–Kier alpha value is -1.32. The van der Waals surface area contributed by atoms with Crippen molar-refractivity contribution >= 4 is 0 Å². The number of benzene rings is 1. The van der Waals surface area contributed by atoms with Crippen molar-refractivity contribution in [1.29, 1.82) is 0 Å². The number of rotatable bonds is 5. The zero-order chi connectivity index (χ0) is 21.9. The van der Waals surface area contributed by atoms with Crippen molar-refractivity contribution in [3.63, 3.8) is 0 Å². The number of aryl methyl sites for hydroxylation is 1. The van der Waals surface area contributed by atoms with Gasteiger partial charge >= 0.3 is 0 Å². The molecule has 0 heterocycles. The van der Waals surface area contributed by atoms with E-state index in [1.807, 2.05) is 26.0 Å². The van der Waals surface area contributed by atoms with Crippen LogP contribution in [0.3, 0.4) is 0 Å². The molecule has 4 rings (SSSR count). The van der Waals surface area contributed by atoms with Crippen LogP contribution in [0.5, 0.6) is 5.75 Å². The van der Waals surface area contributed by atoms with Crippen molar-refractivity contribution in [3.8, 4) is 5.75 Å². The van der Waals surface area contributed by atoms with Crippen LogP contribution in [0, 0.1) is 17.3 Å². The van der Waals surface area contributed by atoms with Crippen LogP contribution in [0.15, 0.2) is 29.8 Å². The molecule has 1 aromatic carbocycles. The van der Waals surface area contributed by atoms with Crippen LogP contribution < -0.4 is 0 Å². The highest BCUT2D eigenvalue weighted by Gasteiger charge is 2.52. The van der Waals surface area contributed by atoms with Gasteiger partial charge in [0.15, 0.2) is 0 Å². The Morgan fingerprint density at radius 1 is 1.20 bits per heavy atom. The molecule has 2 saturated carbocycles. The molecule has 0 aromatic heterocycles. The fraction of sp³-hybridized carbons (Fsp3) is 0.704. The zero-order valence-corrected chi connectivity index (χ0v) is 20.1. The number of aromatic hydroxyl groups is 1. The van der Waals surface area contributed by atoms with Gasteiger partial charge in [-0.05, 0) is 106 Å². The van der Waals surface area contributed by atoms with E-state index in [0.29, 0.717) is 23.1 Å². The molecule has 168 valence electrons. The standard InChI is InChI=1S/C25H37NO2.C2H6/c1-17(26(3)4)16-28-14-12-19-6-10-24-23-8-5-18-15-20(27)7-9-21(18)22(23)11-13-25(19,24)2;1-2/h7,9,12,15,17,22-24,27H,5-6,8,10-11,13-14,16H2,1-4H3;1-2H3/b19-12+;. The first-order valence-electron chi connectivity index (χ1n) is 12.2. The number of likely N-dealkylation sites (N-methyl/N-ethyl adjacent to an activating group) is 1. The normalized spacial score (nSPS) is 32.1. The van der Waals surface area contributed by atoms with Crippen LogP contribution in [-0.2, 0) is 11.2 Å². The van der Waals surface area contributed by atoms with E-state index in [4.69, 9.17) is 4.74 Å². The second kappa shape index (κ2) is 9.87. The summed E-state index contributed by atoms with van der Waals surface area (Å²) in [5.41, 5.74) is 4.94. The van der Waals surface area contributed by atoms with Gasteiger partial charge < -0.3 is 14.7 Å². The van der Waals surface area contributed by atoms with Crippen molar-refractivity contribution in [2.75, 3.05) is 27.3 Å². The minimum Gasteiger partial charge on any atom is -0.508 e. The van der Waals surface area contributed by atoms with E-state index >= 15 is 0 Å². The Kier molecular flexibility index (Phi) is 7.68. The predicted octanol–water partition coefficient (Wildman–Crippen LogP) is 6.17. The lowest BCUT2D eigenvalue weighted by Gasteiger charge is -2.49. The average Bonchev–Trinajstić information content (AvgIpc) is 3.08. The SMILES string of the molecule is CC.CC(COC/C=C1\CCC2C3CCc4cc(O)ccc4C3CCC12C)N(C)C. The van der Waals surface area contributed by atoms with Gasteiger partial charge in [0, 0.05) is 6.04 Å². The largest absolute Gasteiger partial charge is 0.508 e. The monoisotopic (exact) mass is 413 g/mol. The van der Waals surface area contributed by atoms with E-state index < -0.39 is 0 Å². The maximum atomic E-state index is 9.86. The molecule has 1 N–H and O–H groups in total. The molecular formula is C27H43NO2. The molecule has 3 aliphatic carbocycles. The number of hydrogen-bond donors (Lipinski definition) is 1. The van der Waals surface area contributed by atoms with Crippen LogP contribution in [-0.4, -0.2) is 43.4 Å². The molecule has 0 saturated heterocycles. The smallest absolute Gasteiger partial charge is 0.115 e. The van der Waals surface area contributed by atoms with Gasteiger partial charge in [0.25, 0.3) is 0 Å². The Morgan fingerprint density at radius 2 is 1.97 bits per heavy atom. The topological polar surface area (TPSA) is 32.7 Å². The molecule has 2 fully saturated rings. The molecule has 0 spiro atoms. The Bertz CT molecular complexity index is 740. The summed E-state index contributed by atoms with van der Waals surface area (Å²) in [5, 5.41) is 9.86. The second-order valence-corrected chi connectivity index (χ2v) is 9.87. The first kappa shape index (κ1) is 23.3. The number of ether oxygens (including phenoxy) is 1. The van der Waals surface area contributed by atoms with Crippen LogP contribution in [0.4, 0.5) is 0 Å². The summed E-state index contributed by atoms with van der Waals surface area (Å²) < 4.78 is 5.97. The van der Waals surface area contributed by atoms with Gasteiger partial charge in [-0.15, -0.1) is 0 Å². The molecule has 3 aliphatic rings. The van der Waals surface area contributed by atoms with Crippen LogP contribution in [0.1, 0.15) is 76.8 Å². The molecule has 5 unspecified atom stereocenters. The van der Waals surface area contributed by atoms with Gasteiger partial charge in [-0.25, -0.2) is 0 Å². The minimum atomic E-state index is 0.367. The van der Waals surface area contributed by atoms with E-state index in [1.54, 1.807) is 5.57 Å². The molecule has 3 nitrogen and oxygen atoms in total. The highest BCUT2D eigenvalue weighted by Crippen LogP contribution is 2.62. The summed E-state index contributed by atoms with van der Waals surface area (Å²) in [5.74, 6) is 2.73. The minimum absolute atomic E-state index is 0.367. The van der Waals surface area contributed by atoms with E-state index in [-0.39, 0.29) is 0 Å². The van der Waals surface area contributed by atoms with Crippen molar-refractivity contribution < 1.29 is 9.84 Å². The third kappa shape index (κ3) is 4.48. The summed E-state index contributed by atoms with van der Waals surface area (Å²) in [6, 6.07) is 6.56. The Labute approximate surface area is 184 Å². The zero-order valence-electron chi connectivity index (χ0n) is 20.1. The molecule has 1 aromatic rings. The predicted molar refractivity (Wildman–Crippen MR) is 126 cm³/mol. The van der Waals surface area contributed by atoms with Crippen molar-refractivity contribution in [1.82, 2.24) is 4.90 Å². The summed E-state index contributed by atoms with van der Waals surface area (Å²) >= 11 is 0. The Morgan fingerprint density at radius 3 is 2.70 bits per heavy atom. The highest BCUT2D eigenvalue weighted by atomic mass is 16.5. The van der Waals surface area contributed by atoms with Crippen molar-refractivity contribution in [2.45, 2.75) is 78.2 Å². The Balaban J connectivity index is 0.00000124. The molecule has 3 heteroatoms. The third-order valence-electron chi connectivity index (χ3n) is 8.25.